The molecule has 0 saturated carbocycles. The fourth-order valence-corrected chi connectivity index (χ4v) is 4.01. The number of Topliss-reactive ketones (excluding diaryl/α,β-unsaturated/α-hetero) is 1. The molecule has 0 aliphatic carbocycles. The number of nitrogens with zero attached hydrogens (tertiary/aromatic N) is 1. The number of hydrogen-bond donors (Lipinski definition) is 1. The van der Waals surface area contributed by atoms with E-state index in [4.69, 9.17) is 14.2 Å². The predicted molar refractivity (Wildman–Crippen MR) is 112 cm³/mol. The molecule has 3 aliphatic heterocycles. The van der Waals surface area contributed by atoms with Crippen molar-refractivity contribution >= 4 is 11.9 Å². The molecule has 2 aromatic rings. The summed E-state index contributed by atoms with van der Waals surface area (Å²) in [6, 6.07) is 11.0. The lowest BCUT2D eigenvalue weighted by molar-refractivity contribution is 0.0336. The fraction of sp³-hybridized carbons (Fsp3) is 0.292. The van der Waals surface area contributed by atoms with Crippen LogP contribution in [0.4, 0.5) is 0 Å². The Hall–Kier alpha value is -3.09. The van der Waals surface area contributed by atoms with Crippen LogP contribution in [0.2, 0.25) is 0 Å². The summed E-state index contributed by atoms with van der Waals surface area (Å²) in [6.45, 7) is 5.33. The number of ketones is 1. The van der Waals surface area contributed by atoms with Gasteiger partial charge in [0, 0.05) is 25.2 Å². The van der Waals surface area contributed by atoms with Crippen molar-refractivity contribution in [3.05, 3.63) is 70.5 Å². The molecule has 0 bridgehead atoms. The number of para-hydroxylation sites is 1. The Balaban J connectivity index is 1.46. The number of ether oxygens (including phenoxy) is 3. The molecular weight excluding hydrogens is 382 g/mol. The summed E-state index contributed by atoms with van der Waals surface area (Å²) in [7, 11) is 0. The number of aromatic hydroxyl groups is 1. The van der Waals surface area contributed by atoms with Gasteiger partial charge in [-0.1, -0.05) is 18.2 Å². The number of rotatable bonds is 3. The Morgan fingerprint density at radius 1 is 1.17 bits per heavy atom. The highest BCUT2D eigenvalue weighted by Gasteiger charge is 2.33. The number of allylic oxidation sites excluding steroid dienone is 1. The number of fused-ring (bicyclic) bond motifs is 2. The first-order chi connectivity index (χ1) is 14.6. The third-order valence-corrected chi connectivity index (χ3v) is 5.71. The van der Waals surface area contributed by atoms with Gasteiger partial charge in [0.05, 0.1) is 24.3 Å². The number of phenolic OH excluding ortho intramolecular Hbond substituents is 1. The number of morpholine rings is 1. The zero-order chi connectivity index (χ0) is 20.7. The topological polar surface area (TPSA) is 68.2 Å². The van der Waals surface area contributed by atoms with E-state index in [1.165, 1.54) is 0 Å². The van der Waals surface area contributed by atoms with Gasteiger partial charge in [0.1, 0.15) is 23.4 Å². The zero-order valence-electron chi connectivity index (χ0n) is 16.8. The van der Waals surface area contributed by atoms with Crippen LogP contribution in [0.3, 0.4) is 0 Å². The van der Waals surface area contributed by atoms with Gasteiger partial charge in [-0.3, -0.25) is 9.69 Å². The van der Waals surface area contributed by atoms with Gasteiger partial charge in [-0.15, -0.1) is 0 Å². The van der Waals surface area contributed by atoms with Gasteiger partial charge in [0.15, 0.2) is 5.76 Å². The van der Waals surface area contributed by atoms with Crippen molar-refractivity contribution in [3.63, 3.8) is 0 Å². The fourth-order valence-electron chi connectivity index (χ4n) is 4.01. The van der Waals surface area contributed by atoms with Crippen LogP contribution in [-0.2, 0) is 11.3 Å². The van der Waals surface area contributed by atoms with Crippen LogP contribution in [0, 0.1) is 0 Å². The van der Waals surface area contributed by atoms with E-state index in [-0.39, 0.29) is 23.4 Å². The Morgan fingerprint density at radius 3 is 2.80 bits per heavy atom. The zero-order valence-corrected chi connectivity index (χ0v) is 16.8. The maximum atomic E-state index is 13.0. The Bertz CT molecular complexity index is 1070. The summed E-state index contributed by atoms with van der Waals surface area (Å²) >= 11 is 0. The van der Waals surface area contributed by atoms with Crippen LogP contribution in [0.1, 0.15) is 28.4 Å². The summed E-state index contributed by atoms with van der Waals surface area (Å²) in [5.74, 6) is 1.48. The second-order valence-corrected chi connectivity index (χ2v) is 7.71. The van der Waals surface area contributed by atoms with Gasteiger partial charge in [-0.25, -0.2) is 0 Å². The highest BCUT2D eigenvalue weighted by Crippen LogP contribution is 2.40. The molecule has 0 amide bonds. The third kappa shape index (κ3) is 3.38. The van der Waals surface area contributed by atoms with E-state index in [9.17, 15) is 9.90 Å². The lowest BCUT2D eigenvalue weighted by Gasteiger charge is -2.27. The largest absolute Gasteiger partial charge is 0.507 e. The molecule has 30 heavy (non-hydrogen) atoms. The molecule has 0 unspecified atom stereocenters. The quantitative estimate of drug-likeness (QED) is 0.788. The lowest BCUT2D eigenvalue weighted by atomic mass is 10.0. The molecule has 3 heterocycles. The summed E-state index contributed by atoms with van der Waals surface area (Å²) in [4.78, 5) is 15.2. The highest BCUT2D eigenvalue weighted by atomic mass is 16.5. The minimum Gasteiger partial charge on any atom is -0.507 e. The molecule has 0 radical (unpaired) electrons. The molecule has 154 valence electrons. The molecular formula is C24H23NO5. The van der Waals surface area contributed by atoms with E-state index in [1.807, 2.05) is 37.3 Å². The van der Waals surface area contributed by atoms with Crippen molar-refractivity contribution < 1.29 is 24.1 Å². The van der Waals surface area contributed by atoms with Gasteiger partial charge >= 0.3 is 0 Å². The first-order valence-corrected chi connectivity index (χ1v) is 10.2. The van der Waals surface area contributed by atoms with Crippen molar-refractivity contribution in [1.29, 1.82) is 0 Å². The van der Waals surface area contributed by atoms with Gasteiger partial charge < -0.3 is 19.3 Å². The molecule has 1 N–H and O–H groups in total. The Morgan fingerprint density at radius 2 is 1.97 bits per heavy atom. The molecule has 6 heteroatoms. The smallest absolute Gasteiger partial charge is 0.231 e. The van der Waals surface area contributed by atoms with Crippen LogP contribution in [0.15, 0.2) is 53.8 Å². The second kappa shape index (κ2) is 7.63. The molecule has 0 aromatic heterocycles. The molecule has 1 fully saturated rings. The van der Waals surface area contributed by atoms with Crippen molar-refractivity contribution in [1.82, 2.24) is 4.90 Å². The normalized spacial score (nSPS) is 22.2. The summed E-state index contributed by atoms with van der Waals surface area (Å²) in [6.07, 6.45) is 3.56. The predicted octanol–water partition coefficient (Wildman–Crippen LogP) is 3.55. The Labute approximate surface area is 175 Å². The van der Waals surface area contributed by atoms with Gasteiger partial charge in [-0.05, 0) is 42.8 Å². The number of phenols is 1. The van der Waals surface area contributed by atoms with E-state index in [1.54, 1.807) is 18.2 Å². The first-order valence-electron chi connectivity index (χ1n) is 10.2. The molecule has 0 spiro atoms. The van der Waals surface area contributed by atoms with Crippen molar-refractivity contribution in [2.24, 2.45) is 0 Å². The van der Waals surface area contributed by atoms with Crippen LogP contribution < -0.4 is 9.47 Å². The summed E-state index contributed by atoms with van der Waals surface area (Å²) in [5, 5.41) is 10.5. The van der Waals surface area contributed by atoms with E-state index in [0.717, 1.165) is 30.0 Å². The molecule has 1 atom stereocenters. The summed E-state index contributed by atoms with van der Waals surface area (Å²) < 4.78 is 17.4. The second-order valence-electron chi connectivity index (χ2n) is 7.71. The van der Waals surface area contributed by atoms with Gasteiger partial charge in [0.2, 0.25) is 5.78 Å². The van der Waals surface area contributed by atoms with Crippen molar-refractivity contribution in [2.45, 2.75) is 19.6 Å². The highest BCUT2D eigenvalue weighted by molar-refractivity contribution is 6.13. The maximum Gasteiger partial charge on any atom is 0.231 e. The average Bonchev–Trinajstić information content (AvgIpc) is 3.07. The van der Waals surface area contributed by atoms with Gasteiger partial charge in [0.25, 0.3) is 0 Å². The Kier molecular flexibility index (Phi) is 4.81. The number of benzene rings is 2. The molecule has 5 rings (SSSR count). The minimum absolute atomic E-state index is 0.136. The van der Waals surface area contributed by atoms with Crippen molar-refractivity contribution in [2.75, 3.05) is 26.3 Å². The van der Waals surface area contributed by atoms with Crippen LogP contribution in [0.5, 0.6) is 17.2 Å². The number of hydrogen-bond acceptors (Lipinski definition) is 6. The molecule has 1 saturated heterocycles. The van der Waals surface area contributed by atoms with Crippen LogP contribution >= 0.6 is 0 Å². The van der Waals surface area contributed by atoms with E-state index >= 15 is 0 Å². The lowest BCUT2D eigenvalue weighted by Crippen LogP contribution is -2.35. The van der Waals surface area contributed by atoms with E-state index in [0.29, 0.717) is 36.6 Å². The van der Waals surface area contributed by atoms with E-state index < -0.39 is 0 Å². The van der Waals surface area contributed by atoms with Crippen molar-refractivity contribution in [3.8, 4) is 17.2 Å². The van der Waals surface area contributed by atoms with E-state index in [2.05, 4.69) is 4.90 Å². The number of carbonyl (C=O) groups excluding carboxylic acids is 1. The molecule has 3 aliphatic rings. The maximum absolute atomic E-state index is 13.0. The minimum atomic E-state index is -0.200. The van der Waals surface area contributed by atoms with Crippen LogP contribution in [-0.4, -0.2) is 48.2 Å². The summed E-state index contributed by atoms with van der Waals surface area (Å²) in [5.41, 5.74) is 2.95. The average molecular weight is 405 g/mol. The third-order valence-electron chi connectivity index (χ3n) is 5.71. The molecule has 2 aromatic carbocycles. The van der Waals surface area contributed by atoms with Gasteiger partial charge in [-0.2, -0.15) is 0 Å². The van der Waals surface area contributed by atoms with Crippen LogP contribution in [0.25, 0.3) is 6.08 Å². The number of carbonyl (C=O) groups is 1. The standard InChI is InChI=1S/C24H23NO5/c1-15-17(12-16-4-2-3-5-21(16)29-15)13-22-23(27)18-6-7-20(26)19(24(18)30-22)14-25-8-10-28-11-9-25/h2-7,12-13,15,26H,8-11,14H2,1H3/b22-13-/t15-/m0/s1. The monoisotopic (exact) mass is 405 g/mol. The SMILES string of the molecule is C[C@@H]1Oc2ccccc2C=C1/C=C1\Oc2c(ccc(O)c2CN2CCOCC2)C1=O. The molecule has 6 nitrogen and oxygen atoms in total. The first kappa shape index (κ1) is 18.9.